The number of carbonyl (C=O) groups is 2. The Morgan fingerprint density at radius 1 is 0.968 bits per heavy atom. The van der Waals surface area contributed by atoms with Crippen LogP contribution in [-0.4, -0.2) is 34.8 Å². The van der Waals surface area contributed by atoms with E-state index in [9.17, 15) is 9.59 Å². The Morgan fingerprint density at radius 3 is 2.45 bits per heavy atom. The van der Waals surface area contributed by atoms with E-state index in [-0.39, 0.29) is 11.8 Å². The second-order valence-electron chi connectivity index (χ2n) is 7.89. The van der Waals surface area contributed by atoms with Crippen LogP contribution in [0.4, 0.5) is 5.69 Å². The van der Waals surface area contributed by atoms with Gasteiger partial charge in [0.25, 0.3) is 11.8 Å². The van der Waals surface area contributed by atoms with E-state index in [2.05, 4.69) is 34.6 Å². The van der Waals surface area contributed by atoms with Crippen molar-refractivity contribution in [1.29, 1.82) is 0 Å². The molecule has 2 amide bonds. The van der Waals surface area contributed by atoms with Gasteiger partial charge in [0.2, 0.25) is 0 Å². The van der Waals surface area contributed by atoms with E-state index in [0.717, 1.165) is 25.9 Å². The molecule has 2 aromatic heterocycles. The summed E-state index contributed by atoms with van der Waals surface area (Å²) in [5, 5.41) is 5.98. The Kier molecular flexibility index (Phi) is 5.30. The highest BCUT2D eigenvalue weighted by molar-refractivity contribution is 7.12. The van der Waals surface area contributed by atoms with Gasteiger partial charge in [-0.05, 0) is 66.1 Å². The summed E-state index contributed by atoms with van der Waals surface area (Å²) in [6.07, 6.45) is 1.90. The van der Waals surface area contributed by atoms with Crippen molar-refractivity contribution >= 4 is 39.7 Å². The molecule has 0 atom stereocenters. The fourth-order valence-electron chi connectivity index (χ4n) is 4.19. The SMILES string of the molecule is O=C(Nc1ccc(C(=O)N2CCC(c3cc4ccccc4[nH]3)CC2)cc1)c1cccs1. The minimum absolute atomic E-state index is 0.0474. The number of rotatable bonds is 4. The maximum atomic E-state index is 12.9. The molecule has 5 rings (SSSR count). The fraction of sp³-hybridized carbons (Fsp3) is 0.200. The number of nitrogens with zero attached hydrogens (tertiary/aromatic N) is 1. The summed E-state index contributed by atoms with van der Waals surface area (Å²) in [5.41, 5.74) is 3.77. The van der Waals surface area contributed by atoms with E-state index in [1.54, 1.807) is 30.3 Å². The first kappa shape index (κ1) is 19.6. The van der Waals surface area contributed by atoms with Crippen LogP contribution in [0.3, 0.4) is 0 Å². The average Bonchev–Trinajstić information content (AvgIpc) is 3.49. The van der Waals surface area contributed by atoms with Gasteiger partial charge in [-0.25, -0.2) is 0 Å². The van der Waals surface area contributed by atoms with Crippen molar-refractivity contribution in [2.24, 2.45) is 0 Å². The molecule has 1 aliphatic heterocycles. The molecular weight excluding hydrogens is 406 g/mol. The van der Waals surface area contributed by atoms with Gasteiger partial charge in [-0.3, -0.25) is 9.59 Å². The van der Waals surface area contributed by atoms with E-state index in [1.165, 1.54) is 27.9 Å². The highest BCUT2D eigenvalue weighted by Crippen LogP contribution is 2.30. The second-order valence-corrected chi connectivity index (χ2v) is 8.83. The molecular formula is C25H23N3O2S. The van der Waals surface area contributed by atoms with Gasteiger partial charge in [0, 0.05) is 41.5 Å². The van der Waals surface area contributed by atoms with Crippen LogP contribution in [0.25, 0.3) is 10.9 Å². The molecule has 156 valence electrons. The van der Waals surface area contributed by atoms with Crippen LogP contribution in [0.2, 0.25) is 0 Å². The number of hydrogen-bond acceptors (Lipinski definition) is 3. The number of aromatic amines is 1. The Morgan fingerprint density at radius 2 is 1.74 bits per heavy atom. The summed E-state index contributed by atoms with van der Waals surface area (Å²) in [7, 11) is 0. The molecule has 0 aliphatic carbocycles. The normalized spacial score (nSPS) is 14.6. The maximum absolute atomic E-state index is 12.9. The molecule has 2 aromatic carbocycles. The lowest BCUT2D eigenvalue weighted by molar-refractivity contribution is 0.0712. The molecule has 3 heterocycles. The molecule has 1 saturated heterocycles. The molecule has 31 heavy (non-hydrogen) atoms. The van der Waals surface area contributed by atoms with Gasteiger partial charge in [0.1, 0.15) is 0 Å². The van der Waals surface area contributed by atoms with Crippen LogP contribution in [0.15, 0.2) is 72.1 Å². The molecule has 1 fully saturated rings. The highest BCUT2D eigenvalue weighted by atomic mass is 32.1. The molecule has 2 N–H and O–H groups in total. The zero-order valence-corrected chi connectivity index (χ0v) is 17.8. The van der Waals surface area contributed by atoms with Crippen molar-refractivity contribution in [1.82, 2.24) is 9.88 Å². The average molecular weight is 430 g/mol. The predicted octanol–water partition coefficient (Wildman–Crippen LogP) is 5.50. The van der Waals surface area contributed by atoms with Crippen LogP contribution in [-0.2, 0) is 0 Å². The number of thiophene rings is 1. The van der Waals surface area contributed by atoms with E-state index in [0.29, 0.717) is 22.0 Å². The lowest BCUT2D eigenvalue weighted by Gasteiger charge is -2.31. The largest absolute Gasteiger partial charge is 0.358 e. The topological polar surface area (TPSA) is 65.2 Å². The van der Waals surface area contributed by atoms with E-state index in [1.807, 2.05) is 22.4 Å². The summed E-state index contributed by atoms with van der Waals surface area (Å²) in [4.78, 5) is 31.2. The Labute approximate surface area is 184 Å². The summed E-state index contributed by atoms with van der Waals surface area (Å²) >= 11 is 1.40. The standard InChI is InChI=1S/C25H23N3O2S/c29-24(23-6-3-15-31-23)26-20-9-7-18(8-10-20)25(30)28-13-11-17(12-14-28)22-16-19-4-1-2-5-21(19)27-22/h1-10,15-17,27H,11-14H2,(H,26,29). The van der Waals surface area contributed by atoms with Gasteiger partial charge in [-0.2, -0.15) is 0 Å². The van der Waals surface area contributed by atoms with Crippen LogP contribution in [0.5, 0.6) is 0 Å². The second kappa shape index (κ2) is 8.40. The minimum Gasteiger partial charge on any atom is -0.358 e. The molecule has 1 aliphatic rings. The number of carbonyl (C=O) groups excluding carboxylic acids is 2. The van der Waals surface area contributed by atoms with Crippen molar-refractivity contribution in [3.05, 3.63) is 88.2 Å². The molecule has 0 saturated carbocycles. The fourth-order valence-corrected chi connectivity index (χ4v) is 4.81. The number of anilines is 1. The van der Waals surface area contributed by atoms with Crippen molar-refractivity contribution in [3.8, 4) is 0 Å². The van der Waals surface area contributed by atoms with E-state index >= 15 is 0 Å². The third-order valence-electron chi connectivity index (χ3n) is 5.91. The Hall–Kier alpha value is -3.38. The van der Waals surface area contributed by atoms with Crippen molar-refractivity contribution in [2.75, 3.05) is 18.4 Å². The van der Waals surface area contributed by atoms with Crippen molar-refractivity contribution in [3.63, 3.8) is 0 Å². The number of likely N-dealkylation sites (tertiary alicyclic amines) is 1. The Balaban J connectivity index is 1.19. The number of H-pyrrole nitrogens is 1. The highest BCUT2D eigenvalue weighted by Gasteiger charge is 2.25. The van der Waals surface area contributed by atoms with Crippen LogP contribution in [0, 0.1) is 0 Å². The summed E-state index contributed by atoms with van der Waals surface area (Å²) in [6.45, 7) is 1.49. The lowest BCUT2D eigenvalue weighted by Crippen LogP contribution is -2.38. The number of aromatic nitrogens is 1. The van der Waals surface area contributed by atoms with Gasteiger partial charge < -0.3 is 15.2 Å². The van der Waals surface area contributed by atoms with E-state index < -0.39 is 0 Å². The number of benzene rings is 2. The molecule has 0 radical (unpaired) electrons. The lowest BCUT2D eigenvalue weighted by atomic mass is 9.93. The quantitative estimate of drug-likeness (QED) is 0.450. The summed E-state index contributed by atoms with van der Waals surface area (Å²) in [6, 6.07) is 21.4. The van der Waals surface area contributed by atoms with Gasteiger partial charge in [0.15, 0.2) is 0 Å². The number of hydrogen-bond donors (Lipinski definition) is 2. The summed E-state index contributed by atoms with van der Waals surface area (Å²) in [5.74, 6) is 0.366. The number of para-hydroxylation sites is 1. The number of amides is 2. The number of fused-ring (bicyclic) bond motifs is 1. The maximum Gasteiger partial charge on any atom is 0.265 e. The van der Waals surface area contributed by atoms with Gasteiger partial charge in [0.05, 0.1) is 4.88 Å². The number of nitrogens with one attached hydrogen (secondary N) is 2. The zero-order chi connectivity index (χ0) is 21.2. The van der Waals surface area contributed by atoms with Crippen LogP contribution < -0.4 is 5.32 Å². The smallest absolute Gasteiger partial charge is 0.265 e. The van der Waals surface area contributed by atoms with Gasteiger partial charge in [-0.1, -0.05) is 24.3 Å². The third-order valence-corrected chi connectivity index (χ3v) is 6.78. The van der Waals surface area contributed by atoms with E-state index in [4.69, 9.17) is 0 Å². The minimum atomic E-state index is -0.131. The molecule has 0 unspecified atom stereocenters. The monoisotopic (exact) mass is 429 g/mol. The molecule has 4 aromatic rings. The third kappa shape index (κ3) is 4.11. The summed E-state index contributed by atoms with van der Waals surface area (Å²) < 4.78 is 0. The van der Waals surface area contributed by atoms with Crippen molar-refractivity contribution < 1.29 is 9.59 Å². The molecule has 6 heteroatoms. The van der Waals surface area contributed by atoms with Crippen LogP contribution in [0.1, 0.15) is 44.5 Å². The van der Waals surface area contributed by atoms with Gasteiger partial charge in [-0.15, -0.1) is 11.3 Å². The first-order valence-electron chi connectivity index (χ1n) is 10.5. The molecule has 5 nitrogen and oxygen atoms in total. The first-order chi connectivity index (χ1) is 15.2. The van der Waals surface area contributed by atoms with Crippen molar-refractivity contribution in [2.45, 2.75) is 18.8 Å². The first-order valence-corrected chi connectivity index (χ1v) is 11.4. The Bertz CT molecular complexity index is 1170. The molecule has 0 bridgehead atoms. The van der Waals surface area contributed by atoms with Gasteiger partial charge >= 0.3 is 0 Å². The predicted molar refractivity (Wildman–Crippen MR) is 125 cm³/mol. The number of piperidine rings is 1. The zero-order valence-electron chi connectivity index (χ0n) is 17.0. The van der Waals surface area contributed by atoms with Crippen LogP contribution >= 0.6 is 11.3 Å². The molecule has 0 spiro atoms.